The summed E-state index contributed by atoms with van der Waals surface area (Å²) in [7, 11) is 0. The van der Waals surface area contributed by atoms with Crippen molar-refractivity contribution >= 4 is 0 Å². The van der Waals surface area contributed by atoms with E-state index in [4.69, 9.17) is 9.47 Å². The van der Waals surface area contributed by atoms with E-state index in [-0.39, 0.29) is 18.0 Å². The molecule has 0 saturated carbocycles. The second-order valence-corrected chi connectivity index (χ2v) is 6.21. The zero-order chi connectivity index (χ0) is 16.8. The fourth-order valence-electron chi connectivity index (χ4n) is 2.91. The molecule has 1 aliphatic heterocycles. The number of ether oxygens (including phenoxy) is 2. The Labute approximate surface area is 142 Å². The van der Waals surface area contributed by atoms with Crippen LogP contribution in [0, 0.1) is 5.82 Å². The van der Waals surface area contributed by atoms with Crippen LogP contribution in [0.4, 0.5) is 4.39 Å². The van der Waals surface area contributed by atoms with Crippen LogP contribution in [0.1, 0.15) is 36.9 Å². The summed E-state index contributed by atoms with van der Waals surface area (Å²) in [6.45, 7) is 4.23. The van der Waals surface area contributed by atoms with Gasteiger partial charge in [0.05, 0.1) is 6.10 Å². The minimum atomic E-state index is -0.209. The molecule has 1 fully saturated rings. The van der Waals surface area contributed by atoms with E-state index >= 15 is 0 Å². The Bertz CT molecular complexity index is 638. The number of halogens is 1. The van der Waals surface area contributed by atoms with E-state index in [1.807, 2.05) is 18.2 Å². The molecule has 3 rings (SSSR count). The monoisotopic (exact) mass is 329 g/mol. The van der Waals surface area contributed by atoms with Gasteiger partial charge >= 0.3 is 0 Å². The van der Waals surface area contributed by atoms with Crippen molar-refractivity contribution in [2.45, 2.75) is 38.5 Å². The maximum atomic E-state index is 13.0. The van der Waals surface area contributed by atoms with E-state index in [9.17, 15) is 4.39 Å². The Morgan fingerprint density at radius 2 is 2.00 bits per heavy atom. The first kappa shape index (κ1) is 16.9. The van der Waals surface area contributed by atoms with Gasteiger partial charge in [-0.1, -0.05) is 30.3 Å². The van der Waals surface area contributed by atoms with Crippen molar-refractivity contribution in [1.82, 2.24) is 5.32 Å². The third-order valence-corrected chi connectivity index (χ3v) is 4.36. The molecule has 1 N–H and O–H groups in total. The third-order valence-electron chi connectivity index (χ3n) is 4.36. The summed E-state index contributed by atoms with van der Waals surface area (Å²) >= 11 is 0. The second-order valence-electron chi connectivity index (χ2n) is 6.21. The van der Waals surface area contributed by atoms with Gasteiger partial charge in [-0.2, -0.15) is 0 Å². The van der Waals surface area contributed by atoms with Crippen LogP contribution in [0.2, 0.25) is 0 Å². The first-order valence-electron chi connectivity index (χ1n) is 8.53. The molecule has 2 aromatic rings. The Kier molecular flexibility index (Phi) is 5.83. The van der Waals surface area contributed by atoms with Crippen molar-refractivity contribution in [1.29, 1.82) is 0 Å². The van der Waals surface area contributed by atoms with E-state index < -0.39 is 0 Å². The van der Waals surface area contributed by atoms with Crippen LogP contribution in [-0.4, -0.2) is 19.3 Å². The molecule has 128 valence electrons. The van der Waals surface area contributed by atoms with Crippen molar-refractivity contribution in [2.24, 2.45) is 0 Å². The normalized spacial score (nSPS) is 18.5. The van der Waals surface area contributed by atoms with Gasteiger partial charge in [-0.15, -0.1) is 0 Å². The SMILES string of the molecule is CC(NCc1ccc(F)cc1)c1ccccc1OCC1CCCO1. The molecule has 1 heterocycles. The smallest absolute Gasteiger partial charge is 0.124 e. The van der Waals surface area contributed by atoms with Crippen molar-refractivity contribution < 1.29 is 13.9 Å². The highest BCUT2D eigenvalue weighted by Gasteiger charge is 2.17. The first-order valence-corrected chi connectivity index (χ1v) is 8.53. The van der Waals surface area contributed by atoms with Crippen molar-refractivity contribution in [3.63, 3.8) is 0 Å². The molecule has 3 nitrogen and oxygen atoms in total. The lowest BCUT2D eigenvalue weighted by Gasteiger charge is -2.19. The van der Waals surface area contributed by atoms with E-state index in [0.717, 1.165) is 36.3 Å². The fraction of sp³-hybridized carbons (Fsp3) is 0.400. The largest absolute Gasteiger partial charge is 0.491 e. The Morgan fingerprint density at radius 3 is 2.75 bits per heavy atom. The molecule has 0 spiro atoms. The highest BCUT2D eigenvalue weighted by Crippen LogP contribution is 2.26. The fourth-order valence-corrected chi connectivity index (χ4v) is 2.91. The quantitative estimate of drug-likeness (QED) is 0.824. The van der Waals surface area contributed by atoms with Gasteiger partial charge in [0.1, 0.15) is 18.2 Å². The van der Waals surface area contributed by atoms with E-state index in [1.54, 1.807) is 12.1 Å². The van der Waals surface area contributed by atoms with Crippen LogP contribution in [0.3, 0.4) is 0 Å². The molecule has 0 radical (unpaired) electrons. The van der Waals surface area contributed by atoms with Crippen LogP contribution in [0.15, 0.2) is 48.5 Å². The maximum absolute atomic E-state index is 13.0. The summed E-state index contributed by atoms with van der Waals surface area (Å²) in [5.41, 5.74) is 2.18. The summed E-state index contributed by atoms with van der Waals surface area (Å²) in [4.78, 5) is 0. The number of hydrogen-bond acceptors (Lipinski definition) is 3. The molecule has 0 bridgehead atoms. The number of benzene rings is 2. The lowest BCUT2D eigenvalue weighted by atomic mass is 10.1. The van der Waals surface area contributed by atoms with Gasteiger partial charge in [0.2, 0.25) is 0 Å². The summed E-state index contributed by atoms with van der Waals surface area (Å²) < 4.78 is 24.6. The molecule has 0 aromatic heterocycles. The summed E-state index contributed by atoms with van der Waals surface area (Å²) in [5, 5.41) is 3.47. The average molecular weight is 329 g/mol. The Hall–Kier alpha value is -1.91. The number of nitrogens with one attached hydrogen (secondary N) is 1. The molecule has 2 unspecified atom stereocenters. The minimum absolute atomic E-state index is 0.135. The highest BCUT2D eigenvalue weighted by molar-refractivity contribution is 5.35. The molecule has 0 amide bonds. The predicted octanol–water partition coefficient (Wildman–Crippen LogP) is 4.23. The summed E-state index contributed by atoms with van der Waals surface area (Å²) in [5.74, 6) is 0.687. The predicted molar refractivity (Wildman–Crippen MR) is 92.6 cm³/mol. The zero-order valence-corrected chi connectivity index (χ0v) is 14.0. The van der Waals surface area contributed by atoms with Crippen molar-refractivity contribution in [3.05, 3.63) is 65.5 Å². The molecule has 4 heteroatoms. The van der Waals surface area contributed by atoms with Gasteiger partial charge in [0.15, 0.2) is 0 Å². The molecule has 1 aliphatic rings. The molecule has 0 aliphatic carbocycles. The van der Waals surface area contributed by atoms with Crippen LogP contribution in [0.5, 0.6) is 5.75 Å². The van der Waals surface area contributed by atoms with Crippen molar-refractivity contribution in [3.8, 4) is 5.75 Å². The summed E-state index contributed by atoms with van der Waals surface area (Å²) in [6, 6.07) is 14.8. The average Bonchev–Trinajstić information content (AvgIpc) is 3.13. The standard InChI is InChI=1S/C20H24FNO2/c1-15(22-13-16-8-10-17(21)11-9-16)19-6-2-3-7-20(19)24-14-18-5-4-12-23-18/h2-3,6-11,15,18,22H,4-5,12-14H2,1H3. The van der Waals surface area contributed by atoms with Crippen LogP contribution < -0.4 is 10.1 Å². The molecule has 2 aromatic carbocycles. The van der Waals surface area contributed by atoms with E-state index in [1.165, 1.54) is 12.1 Å². The van der Waals surface area contributed by atoms with E-state index in [0.29, 0.717) is 13.2 Å². The second kappa shape index (κ2) is 8.27. The first-order chi connectivity index (χ1) is 11.7. The Morgan fingerprint density at radius 1 is 1.21 bits per heavy atom. The van der Waals surface area contributed by atoms with Gasteiger partial charge in [-0.25, -0.2) is 4.39 Å². The Balaban J connectivity index is 1.59. The van der Waals surface area contributed by atoms with Gasteiger partial charge in [0.25, 0.3) is 0 Å². The topological polar surface area (TPSA) is 30.5 Å². The number of para-hydroxylation sites is 1. The van der Waals surface area contributed by atoms with Gasteiger partial charge in [-0.3, -0.25) is 0 Å². The van der Waals surface area contributed by atoms with Crippen molar-refractivity contribution in [2.75, 3.05) is 13.2 Å². The van der Waals surface area contributed by atoms with Gasteiger partial charge in [-0.05, 0) is 43.5 Å². The molecule has 2 atom stereocenters. The van der Waals surface area contributed by atoms with E-state index in [2.05, 4.69) is 18.3 Å². The zero-order valence-electron chi connectivity index (χ0n) is 14.0. The lowest BCUT2D eigenvalue weighted by Crippen LogP contribution is -2.21. The van der Waals surface area contributed by atoms with Gasteiger partial charge in [0, 0.05) is 24.8 Å². The number of rotatable bonds is 7. The van der Waals surface area contributed by atoms with Crippen LogP contribution in [0.25, 0.3) is 0 Å². The third kappa shape index (κ3) is 4.56. The molecular formula is C20H24FNO2. The minimum Gasteiger partial charge on any atom is -0.491 e. The maximum Gasteiger partial charge on any atom is 0.124 e. The van der Waals surface area contributed by atoms with Crippen LogP contribution >= 0.6 is 0 Å². The van der Waals surface area contributed by atoms with Crippen LogP contribution in [-0.2, 0) is 11.3 Å². The molecule has 1 saturated heterocycles. The number of hydrogen-bond donors (Lipinski definition) is 1. The molecule has 24 heavy (non-hydrogen) atoms. The van der Waals surface area contributed by atoms with Gasteiger partial charge < -0.3 is 14.8 Å². The molecular weight excluding hydrogens is 305 g/mol. The summed E-state index contributed by atoms with van der Waals surface area (Å²) in [6.07, 6.45) is 2.40. The lowest BCUT2D eigenvalue weighted by molar-refractivity contribution is 0.0674. The highest BCUT2D eigenvalue weighted by atomic mass is 19.1.